The fraction of sp³-hybridized carbons (Fsp3) is 0.188. The Balaban J connectivity index is 1.96. The molecule has 0 aliphatic carbocycles. The highest BCUT2D eigenvalue weighted by Crippen LogP contribution is 2.22. The van der Waals surface area contributed by atoms with Gasteiger partial charge in [0.2, 0.25) is 0 Å². The van der Waals surface area contributed by atoms with Crippen LogP contribution in [0.2, 0.25) is 5.02 Å². The number of carbonyl (C=O) groups excluding carboxylic acids is 1. The molecule has 0 aromatic heterocycles. The Labute approximate surface area is 127 Å². The molecular formula is C16H15ClFNO2. The number of anilines is 1. The highest BCUT2D eigenvalue weighted by Gasteiger charge is 2.10. The maximum absolute atomic E-state index is 13.6. The van der Waals surface area contributed by atoms with Crippen molar-refractivity contribution in [3.8, 4) is 5.75 Å². The van der Waals surface area contributed by atoms with E-state index in [9.17, 15) is 9.18 Å². The number of hydrogen-bond donors (Lipinski definition) is 1. The normalized spacial score (nSPS) is 10.3. The summed E-state index contributed by atoms with van der Waals surface area (Å²) >= 11 is 5.64. The van der Waals surface area contributed by atoms with E-state index in [2.05, 4.69) is 5.32 Å². The lowest BCUT2D eigenvalue weighted by Gasteiger charge is -2.10. The van der Waals surface area contributed by atoms with Crippen LogP contribution in [0.1, 0.15) is 11.1 Å². The van der Waals surface area contributed by atoms with Crippen LogP contribution in [0.5, 0.6) is 5.75 Å². The number of aryl methyl sites for hydroxylation is 2. The van der Waals surface area contributed by atoms with Crippen LogP contribution in [0.3, 0.4) is 0 Å². The average Bonchev–Trinajstić information content (AvgIpc) is 2.45. The van der Waals surface area contributed by atoms with Crippen molar-refractivity contribution in [3.05, 3.63) is 58.4 Å². The topological polar surface area (TPSA) is 38.3 Å². The maximum atomic E-state index is 13.6. The summed E-state index contributed by atoms with van der Waals surface area (Å²) in [6.07, 6.45) is 0. The van der Waals surface area contributed by atoms with Gasteiger partial charge in [0.05, 0.1) is 10.7 Å². The molecule has 0 aliphatic rings. The lowest BCUT2D eigenvalue weighted by atomic mass is 10.1. The van der Waals surface area contributed by atoms with E-state index in [1.54, 1.807) is 12.1 Å². The van der Waals surface area contributed by atoms with Crippen LogP contribution >= 0.6 is 11.6 Å². The lowest BCUT2D eigenvalue weighted by molar-refractivity contribution is -0.118. The number of nitrogens with one attached hydrogen (secondary N) is 1. The lowest BCUT2D eigenvalue weighted by Crippen LogP contribution is -2.20. The Bertz CT molecular complexity index is 673. The molecule has 0 unspecified atom stereocenters. The number of hydrogen-bond acceptors (Lipinski definition) is 2. The summed E-state index contributed by atoms with van der Waals surface area (Å²) in [4.78, 5) is 11.8. The number of rotatable bonds is 4. The molecule has 1 N–H and O–H groups in total. The number of ether oxygens (including phenoxy) is 1. The molecule has 0 spiro atoms. The van der Waals surface area contributed by atoms with E-state index in [1.807, 2.05) is 26.0 Å². The van der Waals surface area contributed by atoms with Gasteiger partial charge in [0.1, 0.15) is 5.75 Å². The molecule has 110 valence electrons. The Kier molecular flexibility index (Phi) is 4.81. The molecule has 0 heterocycles. The van der Waals surface area contributed by atoms with Crippen LogP contribution in [0.25, 0.3) is 0 Å². The molecule has 1 amide bonds. The highest BCUT2D eigenvalue weighted by atomic mass is 35.5. The van der Waals surface area contributed by atoms with Crippen molar-refractivity contribution in [1.82, 2.24) is 0 Å². The Hall–Kier alpha value is -2.07. The minimum absolute atomic E-state index is 0.0381. The van der Waals surface area contributed by atoms with E-state index in [4.69, 9.17) is 16.3 Å². The molecule has 2 rings (SSSR count). The third-order valence-electron chi connectivity index (χ3n) is 3.07. The molecule has 21 heavy (non-hydrogen) atoms. The Morgan fingerprint density at radius 3 is 2.71 bits per heavy atom. The summed E-state index contributed by atoms with van der Waals surface area (Å²) in [6.45, 7) is 3.76. The van der Waals surface area contributed by atoms with E-state index in [-0.39, 0.29) is 17.3 Å². The van der Waals surface area contributed by atoms with Crippen LogP contribution in [-0.4, -0.2) is 12.5 Å². The SMILES string of the molecule is Cc1ccc(OCC(=O)Nc2cccc(Cl)c2F)cc1C. The van der Waals surface area contributed by atoms with Crippen molar-refractivity contribution in [3.63, 3.8) is 0 Å². The summed E-state index contributed by atoms with van der Waals surface area (Å²) in [5.74, 6) is -0.507. The summed E-state index contributed by atoms with van der Waals surface area (Å²) < 4.78 is 19.0. The van der Waals surface area contributed by atoms with Crippen molar-refractivity contribution in [2.24, 2.45) is 0 Å². The molecule has 0 aliphatic heterocycles. The largest absolute Gasteiger partial charge is 0.484 e. The second-order valence-electron chi connectivity index (χ2n) is 4.68. The van der Waals surface area contributed by atoms with Gasteiger partial charge in [0, 0.05) is 0 Å². The fourth-order valence-electron chi connectivity index (χ4n) is 1.74. The smallest absolute Gasteiger partial charge is 0.262 e. The van der Waals surface area contributed by atoms with Gasteiger partial charge >= 0.3 is 0 Å². The maximum Gasteiger partial charge on any atom is 0.262 e. The quantitative estimate of drug-likeness (QED) is 0.923. The second kappa shape index (κ2) is 6.59. The first-order valence-electron chi connectivity index (χ1n) is 6.41. The molecule has 5 heteroatoms. The first-order chi connectivity index (χ1) is 9.97. The zero-order valence-electron chi connectivity index (χ0n) is 11.7. The predicted molar refractivity (Wildman–Crippen MR) is 81.5 cm³/mol. The molecule has 0 saturated heterocycles. The standard InChI is InChI=1S/C16H15ClFNO2/c1-10-6-7-12(8-11(10)2)21-9-15(20)19-14-5-3-4-13(17)16(14)18/h3-8H,9H2,1-2H3,(H,19,20). The first kappa shape index (κ1) is 15.3. The molecule has 0 bridgehead atoms. The van der Waals surface area contributed by atoms with Gasteiger partial charge < -0.3 is 10.1 Å². The molecule has 2 aromatic carbocycles. The second-order valence-corrected chi connectivity index (χ2v) is 5.09. The summed E-state index contributed by atoms with van der Waals surface area (Å²) in [7, 11) is 0. The van der Waals surface area contributed by atoms with Crippen LogP contribution in [-0.2, 0) is 4.79 Å². The van der Waals surface area contributed by atoms with Gasteiger partial charge in [-0.3, -0.25) is 4.79 Å². The molecule has 0 fully saturated rings. The van der Waals surface area contributed by atoms with E-state index in [0.717, 1.165) is 11.1 Å². The van der Waals surface area contributed by atoms with E-state index in [1.165, 1.54) is 12.1 Å². The number of halogens is 2. The van der Waals surface area contributed by atoms with Gasteiger partial charge in [0.25, 0.3) is 5.91 Å². The molecule has 3 nitrogen and oxygen atoms in total. The third-order valence-corrected chi connectivity index (χ3v) is 3.37. The Morgan fingerprint density at radius 1 is 1.24 bits per heavy atom. The van der Waals surface area contributed by atoms with Gasteiger partial charge in [0.15, 0.2) is 12.4 Å². The molecule has 2 aromatic rings. The number of benzene rings is 2. The van der Waals surface area contributed by atoms with Crippen molar-refractivity contribution in [1.29, 1.82) is 0 Å². The van der Waals surface area contributed by atoms with Crippen LogP contribution in [0.15, 0.2) is 36.4 Å². The summed E-state index contributed by atoms with van der Waals surface area (Å²) in [6, 6.07) is 9.97. The first-order valence-corrected chi connectivity index (χ1v) is 6.79. The minimum atomic E-state index is -0.654. The molecular weight excluding hydrogens is 293 g/mol. The highest BCUT2D eigenvalue weighted by molar-refractivity contribution is 6.31. The van der Waals surface area contributed by atoms with E-state index < -0.39 is 11.7 Å². The summed E-state index contributed by atoms with van der Waals surface area (Å²) in [5, 5.41) is 2.38. The predicted octanol–water partition coefficient (Wildman–Crippen LogP) is 4.11. The average molecular weight is 308 g/mol. The molecule has 0 saturated carbocycles. The van der Waals surface area contributed by atoms with Gasteiger partial charge in [-0.15, -0.1) is 0 Å². The van der Waals surface area contributed by atoms with Crippen LogP contribution < -0.4 is 10.1 Å². The van der Waals surface area contributed by atoms with Crippen molar-refractivity contribution in [2.45, 2.75) is 13.8 Å². The van der Waals surface area contributed by atoms with E-state index >= 15 is 0 Å². The van der Waals surface area contributed by atoms with Gasteiger partial charge in [-0.1, -0.05) is 23.7 Å². The van der Waals surface area contributed by atoms with Crippen LogP contribution in [0.4, 0.5) is 10.1 Å². The van der Waals surface area contributed by atoms with Gasteiger partial charge in [-0.2, -0.15) is 0 Å². The monoisotopic (exact) mass is 307 g/mol. The minimum Gasteiger partial charge on any atom is -0.484 e. The molecule has 0 radical (unpaired) electrons. The van der Waals surface area contributed by atoms with Crippen molar-refractivity contribution >= 4 is 23.2 Å². The third kappa shape index (κ3) is 3.95. The Morgan fingerprint density at radius 2 is 2.00 bits per heavy atom. The van der Waals surface area contributed by atoms with E-state index in [0.29, 0.717) is 5.75 Å². The molecule has 0 atom stereocenters. The summed E-state index contributed by atoms with van der Waals surface area (Å²) in [5.41, 5.74) is 2.26. The van der Waals surface area contributed by atoms with Gasteiger partial charge in [-0.25, -0.2) is 4.39 Å². The fourth-order valence-corrected chi connectivity index (χ4v) is 1.91. The van der Waals surface area contributed by atoms with Crippen molar-refractivity contribution < 1.29 is 13.9 Å². The zero-order valence-corrected chi connectivity index (χ0v) is 12.5. The number of carbonyl (C=O) groups is 1. The van der Waals surface area contributed by atoms with Gasteiger partial charge in [-0.05, 0) is 49.2 Å². The van der Waals surface area contributed by atoms with Crippen molar-refractivity contribution in [2.75, 3.05) is 11.9 Å². The number of amides is 1. The van der Waals surface area contributed by atoms with Crippen LogP contribution in [0, 0.1) is 19.7 Å². The zero-order chi connectivity index (χ0) is 15.4.